The van der Waals surface area contributed by atoms with Crippen LogP contribution >= 0.6 is 11.3 Å². The molecule has 3 aromatic rings. The molecule has 0 spiro atoms. The highest BCUT2D eigenvalue weighted by Crippen LogP contribution is 2.32. The molecule has 0 aliphatic rings. The Morgan fingerprint density at radius 1 is 0.966 bits per heavy atom. The Bertz CT molecular complexity index is 1160. The van der Waals surface area contributed by atoms with Crippen LogP contribution in [-0.2, 0) is 19.9 Å². The second-order valence-corrected chi connectivity index (χ2v) is 10.9. The van der Waals surface area contributed by atoms with Crippen LogP contribution in [0.1, 0.15) is 10.1 Å². The summed E-state index contributed by atoms with van der Waals surface area (Å²) in [5.41, 5.74) is 0. The normalized spacial score (nSPS) is 13.2. The quantitative estimate of drug-likeness (QED) is 0.526. The SMILES string of the molecule is COc1ccc(S(=O)(=O)NC[C@H](c2cccs2)S(=O)(=O)c2ccc(F)cc2)cc1. The molecule has 2 aromatic carbocycles. The molecule has 10 heteroatoms. The maximum atomic E-state index is 13.2. The molecule has 0 saturated heterocycles. The topological polar surface area (TPSA) is 89.5 Å². The summed E-state index contributed by atoms with van der Waals surface area (Å²) in [5.74, 6) is -0.0591. The monoisotopic (exact) mass is 455 g/mol. The number of ether oxygens (including phenoxy) is 1. The maximum absolute atomic E-state index is 13.2. The summed E-state index contributed by atoms with van der Waals surface area (Å²) in [7, 11) is -6.44. The molecule has 1 heterocycles. The molecule has 0 aliphatic carbocycles. The third kappa shape index (κ3) is 4.84. The molecule has 0 unspecified atom stereocenters. The molecule has 1 atom stereocenters. The number of hydrogen-bond donors (Lipinski definition) is 1. The van der Waals surface area contributed by atoms with Crippen LogP contribution in [0, 0.1) is 5.82 Å². The van der Waals surface area contributed by atoms with Crippen molar-refractivity contribution in [3.8, 4) is 5.75 Å². The Balaban J connectivity index is 1.89. The van der Waals surface area contributed by atoms with E-state index in [1.165, 1.54) is 54.8 Å². The molecule has 6 nitrogen and oxygen atoms in total. The van der Waals surface area contributed by atoms with Crippen LogP contribution in [0.5, 0.6) is 5.75 Å². The van der Waals surface area contributed by atoms with Crippen molar-refractivity contribution in [2.75, 3.05) is 13.7 Å². The fourth-order valence-corrected chi connectivity index (χ4v) is 6.59. The first kappa shape index (κ1) is 21.4. The number of sulfone groups is 1. The van der Waals surface area contributed by atoms with Crippen molar-refractivity contribution in [3.05, 3.63) is 76.7 Å². The van der Waals surface area contributed by atoms with E-state index in [1.54, 1.807) is 17.5 Å². The Hall–Kier alpha value is -2.27. The highest BCUT2D eigenvalue weighted by molar-refractivity contribution is 7.92. The fourth-order valence-electron chi connectivity index (χ4n) is 2.65. The number of benzene rings is 2. The minimum absolute atomic E-state index is 0.0117. The van der Waals surface area contributed by atoms with Gasteiger partial charge in [0.05, 0.1) is 16.9 Å². The molecule has 0 saturated carbocycles. The fraction of sp³-hybridized carbons (Fsp3) is 0.158. The summed E-state index contributed by atoms with van der Waals surface area (Å²) in [6.45, 7) is -0.366. The zero-order valence-corrected chi connectivity index (χ0v) is 17.7. The van der Waals surface area contributed by atoms with Crippen LogP contribution in [0.4, 0.5) is 4.39 Å². The second-order valence-electron chi connectivity index (χ2n) is 6.03. The highest BCUT2D eigenvalue weighted by atomic mass is 32.2. The van der Waals surface area contributed by atoms with E-state index in [1.807, 2.05) is 0 Å². The number of sulfonamides is 1. The number of rotatable bonds is 8. The lowest BCUT2D eigenvalue weighted by atomic mass is 10.3. The summed E-state index contributed by atoms with van der Waals surface area (Å²) in [6, 6.07) is 13.5. The van der Waals surface area contributed by atoms with E-state index >= 15 is 0 Å². The Morgan fingerprint density at radius 3 is 2.14 bits per heavy atom. The minimum atomic E-state index is -3.96. The van der Waals surface area contributed by atoms with Gasteiger partial charge in [-0.05, 0) is 60.0 Å². The molecular formula is C19H18FNO5S3. The number of nitrogens with one attached hydrogen (secondary N) is 1. The van der Waals surface area contributed by atoms with Gasteiger partial charge in [0.25, 0.3) is 0 Å². The van der Waals surface area contributed by atoms with E-state index in [4.69, 9.17) is 4.74 Å². The van der Waals surface area contributed by atoms with E-state index in [0.29, 0.717) is 10.6 Å². The largest absolute Gasteiger partial charge is 0.497 e. The van der Waals surface area contributed by atoms with Crippen molar-refractivity contribution in [1.29, 1.82) is 0 Å². The van der Waals surface area contributed by atoms with Crippen molar-refractivity contribution in [3.63, 3.8) is 0 Å². The summed E-state index contributed by atoms with van der Waals surface area (Å²) in [5, 5.41) is 0.557. The molecule has 3 rings (SSSR count). The van der Waals surface area contributed by atoms with Gasteiger partial charge in [0, 0.05) is 11.4 Å². The van der Waals surface area contributed by atoms with Gasteiger partial charge in [0.15, 0.2) is 9.84 Å². The predicted molar refractivity (Wildman–Crippen MR) is 109 cm³/mol. The van der Waals surface area contributed by atoms with Gasteiger partial charge in [0.1, 0.15) is 16.8 Å². The van der Waals surface area contributed by atoms with Crippen LogP contribution in [-0.4, -0.2) is 30.5 Å². The number of thiophene rings is 1. The van der Waals surface area contributed by atoms with Crippen molar-refractivity contribution >= 4 is 31.2 Å². The van der Waals surface area contributed by atoms with E-state index in [0.717, 1.165) is 12.1 Å². The molecule has 29 heavy (non-hydrogen) atoms. The third-order valence-corrected chi connectivity index (χ3v) is 8.88. The summed E-state index contributed by atoms with van der Waals surface area (Å²) >= 11 is 1.20. The first-order valence-electron chi connectivity index (χ1n) is 8.40. The molecule has 154 valence electrons. The smallest absolute Gasteiger partial charge is 0.240 e. The van der Waals surface area contributed by atoms with Crippen molar-refractivity contribution in [2.45, 2.75) is 15.0 Å². The number of halogens is 1. The van der Waals surface area contributed by atoms with Gasteiger partial charge in [0.2, 0.25) is 10.0 Å². The van der Waals surface area contributed by atoms with Gasteiger partial charge in [-0.15, -0.1) is 11.3 Å². The maximum Gasteiger partial charge on any atom is 0.240 e. The van der Waals surface area contributed by atoms with Gasteiger partial charge in [-0.2, -0.15) is 0 Å². The van der Waals surface area contributed by atoms with E-state index < -0.39 is 30.9 Å². The van der Waals surface area contributed by atoms with E-state index in [2.05, 4.69) is 4.72 Å². The Morgan fingerprint density at radius 2 is 1.59 bits per heavy atom. The zero-order valence-electron chi connectivity index (χ0n) is 15.3. The van der Waals surface area contributed by atoms with E-state index in [9.17, 15) is 21.2 Å². The zero-order chi connectivity index (χ0) is 21.1. The predicted octanol–water partition coefficient (Wildman–Crippen LogP) is 3.39. The average Bonchev–Trinajstić information content (AvgIpc) is 3.22. The van der Waals surface area contributed by atoms with Crippen LogP contribution in [0.15, 0.2) is 75.8 Å². The van der Waals surface area contributed by atoms with Crippen LogP contribution in [0.2, 0.25) is 0 Å². The van der Waals surface area contributed by atoms with Crippen LogP contribution in [0.25, 0.3) is 0 Å². The van der Waals surface area contributed by atoms with Gasteiger partial charge in [-0.25, -0.2) is 25.9 Å². The molecule has 0 amide bonds. The standard InChI is InChI=1S/C19H18FNO5S3/c1-26-15-6-10-17(11-7-15)29(24,25)21-13-19(18-3-2-12-27-18)28(22,23)16-8-4-14(20)5-9-16/h2-12,19,21H,13H2,1H3/t19-/m1/s1. The molecule has 0 radical (unpaired) electrons. The lowest BCUT2D eigenvalue weighted by molar-refractivity contribution is 0.414. The molecular weight excluding hydrogens is 437 g/mol. The average molecular weight is 456 g/mol. The summed E-state index contributed by atoms with van der Waals surface area (Å²) in [4.78, 5) is 0.384. The second kappa shape index (κ2) is 8.62. The number of methoxy groups -OCH3 is 1. The van der Waals surface area contributed by atoms with Crippen molar-refractivity contribution in [1.82, 2.24) is 4.72 Å². The lowest BCUT2D eigenvalue weighted by Gasteiger charge is -2.17. The van der Waals surface area contributed by atoms with Crippen molar-refractivity contribution < 1.29 is 26.0 Å². The first-order valence-corrected chi connectivity index (χ1v) is 12.3. The van der Waals surface area contributed by atoms with Gasteiger partial charge < -0.3 is 4.74 Å². The van der Waals surface area contributed by atoms with Crippen molar-refractivity contribution in [2.24, 2.45) is 0 Å². The van der Waals surface area contributed by atoms with Crippen LogP contribution < -0.4 is 9.46 Å². The molecule has 0 aliphatic heterocycles. The summed E-state index contributed by atoms with van der Waals surface area (Å²) in [6.07, 6.45) is 0. The van der Waals surface area contributed by atoms with Gasteiger partial charge in [-0.1, -0.05) is 6.07 Å². The van der Waals surface area contributed by atoms with E-state index in [-0.39, 0.29) is 16.3 Å². The van der Waals surface area contributed by atoms with Gasteiger partial charge >= 0.3 is 0 Å². The molecule has 0 fully saturated rings. The highest BCUT2D eigenvalue weighted by Gasteiger charge is 2.31. The summed E-state index contributed by atoms with van der Waals surface area (Å²) < 4.78 is 72.1. The van der Waals surface area contributed by atoms with Gasteiger partial charge in [-0.3, -0.25) is 0 Å². The molecule has 1 N–H and O–H groups in total. The number of hydrogen-bond acceptors (Lipinski definition) is 6. The Kier molecular flexibility index (Phi) is 6.37. The first-order chi connectivity index (χ1) is 13.7. The lowest BCUT2D eigenvalue weighted by Crippen LogP contribution is -2.31. The molecule has 0 bridgehead atoms. The molecule has 1 aromatic heterocycles. The van der Waals surface area contributed by atoms with Crippen LogP contribution in [0.3, 0.4) is 0 Å². The Labute approximate surface area is 172 Å². The third-order valence-electron chi connectivity index (χ3n) is 4.21. The minimum Gasteiger partial charge on any atom is -0.497 e.